The third-order valence-electron chi connectivity index (χ3n) is 4.26. The van der Waals surface area contributed by atoms with E-state index in [0.717, 1.165) is 30.2 Å². The molecule has 1 fully saturated rings. The highest BCUT2D eigenvalue weighted by Gasteiger charge is 2.25. The quantitative estimate of drug-likeness (QED) is 0.742. The summed E-state index contributed by atoms with van der Waals surface area (Å²) in [6.07, 6.45) is 1.11. The molecular weight excluding hydrogens is 415 g/mol. The monoisotopic (exact) mass is 432 g/mol. The van der Waals surface area contributed by atoms with E-state index in [2.05, 4.69) is 4.90 Å². The first-order valence-electron chi connectivity index (χ1n) is 7.99. The van der Waals surface area contributed by atoms with E-state index in [4.69, 9.17) is 23.2 Å². The second-order valence-electron chi connectivity index (χ2n) is 6.19. The Morgan fingerprint density at radius 3 is 2.38 bits per heavy atom. The van der Waals surface area contributed by atoms with E-state index in [0.29, 0.717) is 13.1 Å². The van der Waals surface area contributed by atoms with E-state index in [1.807, 2.05) is 12.1 Å². The molecule has 0 spiro atoms. The van der Waals surface area contributed by atoms with Gasteiger partial charge in [0.25, 0.3) is 5.91 Å². The Labute approximate surface area is 167 Å². The molecule has 26 heavy (non-hydrogen) atoms. The molecule has 0 unspecified atom stereocenters. The van der Waals surface area contributed by atoms with Gasteiger partial charge < -0.3 is 4.90 Å². The number of hydrogen-bond acceptors (Lipinski definition) is 5. The maximum absolute atomic E-state index is 12.8. The fraction of sp³-hybridized carbons (Fsp3) is 0.353. The van der Waals surface area contributed by atoms with Crippen LogP contribution in [0.25, 0.3) is 0 Å². The highest BCUT2D eigenvalue weighted by atomic mass is 35.5. The Balaban J connectivity index is 1.67. The van der Waals surface area contributed by atoms with E-state index >= 15 is 0 Å². The summed E-state index contributed by atoms with van der Waals surface area (Å²) in [5, 5.41) is 0.262. The number of halogens is 2. The van der Waals surface area contributed by atoms with E-state index in [1.165, 1.54) is 23.1 Å². The molecule has 0 radical (unpaired) electrons. The Bertz CT molecular complexity index is 920. The van der Waals surface area contributed by atoms with Crippen molar-refractivity contribution in [3.8, 4) is 0 Å². The van der Waals surface area contributed by atoms with Crippen molar-refractivity contribution in [2.24, 2.45) is 0 Å². The number of carbonyl (C=O) groups is 1. The van der Waals surface area contributed by atoms with Gasteiger partial charge in [0.1, 0.15) is 0 Å². The van der Waals surface area contributed by atoms with E-state index in [-0.39, 0.29) is 21.4 Å². The van der Waals surface area contributed by atoms with Crippen LogP contribution in [0.2, 0.25) is 9.36 Å². The fourth-order valence-electron chi connectivity index (χ4n) is 2.84. The standard InChI is InChI=1S/C17H18Cl2N2O3S2/c1-26(23,24)13-3-4-15(18)14(10-13)17(22)21-8-6-20(7-9-21)11-12-2-5-16(19)25-12/h2-5,10H,6-9,11H2,1H3. The maximum atomic E-state index is 12.8. The van der Waals surface area contributed by atoms with E-state index in [1.54, 1.807) is 16.2 Å². The van der Waals surface area contributed by atoms with Gasteiger partial charge in [0.15, 0.2) is 9.84 Å². The van der Waals surface area contributed by atoms with Gasteiger partial charge in [-0.05, 0) is 30.3 Å². The van der Waals surface area contributed by atoms with Gasteiger partial charge in [0, 0.05) is 43.9 Å². The average molecular weight is 433 g/mol. The molecule has 1 aromatic carbocycles. The number of carbonyl (C=O) groups excluding carboxylic acids is 1. The molecule has 0 N–H and O–H groups in total. The van der Waals surface area contributed by atoms with Crippen LogP contribution in [0.15, 0.2) is 35.2 Å². The number of benzene rings is 1. The summed E-state index contributed by atoms with van der Waals surface area (Å²) in [5.41, 5.74) is 0.230. The maximum Gasteiger partial charge on any atom is 0.255 e. The molecule has 1 aliphatic heterocycles. The summed E-state index contributed by atoms with van der Waals surface area (Å²) < 4.78 is 24.2. The van der Waals surface area contributed by atoms with Crippen LogP contribution in [0, 0.1) is 0 Å². The summed E-state index contributed by atoms with van der Waals surface area (Å²) in [7, 11) is -3.39. The normalized spacial score (nSPS) is 16.0. The van der Waals surface area contributed by atoms with Crippen LogP contribution in [0.1, 0.15) is 15.2 Å². The molecule has 1 aromatic heterocycles. The first-order valence-corrected chi connectivity index (χ1v) is 11.5. The van der Waals surface area contributed by atoms with Gasteiger partial charge in [0.2, 0.25) is 0 Å². The molecule has 5 nitrogen and oxygen atoms in total. The van der Waals surface area contributed by atoms with Crippen LogP contribution < -0.4 is 0 Å². The Hall–Kier alpha value is -1.12. The number of sulfone groups is 1. The van der Waals surface area contributed by atoms with Crippen molar-refractivity contribution in [2.45, 2.75) is 11.4 Å². The molecule has 0 bridgehead atoms. The summed E-state index contributed by atoms with van der Waals surface area (Å²) in [6.45, 7) is 3.42. The molecule has 9 heteroatoms. The summed E-state index contributed by atoms with van der Waals surface area (Å²) in [4.78, 5) is 18.0. The predicted molar refractivity (Wildman–Crippen MR) is 105 cm³/mol. The van der Waals surface area contributed by atoms with Crippen molar-refractivity contribution in [3.05, 3.63) is 50.1 Å². The van der Waals surface area contributed by atoms with Crippen molar-refractivity contribution >= 4 is 50.3 Å². The molecule has 1 saturated heterocycles. The second kappa shape index (κ2) is 7.86. The predicted octanol–water partition coefficient (Wildman–Crippen LogP) is 3.42. The number of hydrogen-bond donors (Lipinski definition) is 0. The molecule has 0 atom stereocenters. The van der Waals surface area contributed by atoms with Crippen molar-refractivity contribution in [1.29, 1.82) is 0 Å². The largest absolute Gasteiger partial charge is 0.336 e. The van der Waals surface area contributed by atoms with Gasteiger partial charge in [0.05, 0.1) is 19.8 Å². The van der Waals surface area contributed by atoms with Crippen molar-refractivity contribution < 1.29 is 13.2 Å². The highest BCUT2D eigenvalue weighted by molar-refractivity contribution is 7.90. The van der Waals surface area contributed by atoms with Crippen LogP contribution in [0.5, 0.6) is 0 Å². The summed E-state index contributed by atoms with van der Waals surface area (Å²) in [6, 6.07) is 8.14. The van der Waals surface area contributed by atoms with Crippen LogP contribution in [-0.2, 0) is 16.4 Å². The minimum Gasteiger partial charge on any atom is -0.336 e. The molecule has 0 aliphatic carbocycles. The SMILES string of the molecule is CS(=O)(=O)c1ccc(Cl)c(C(=O)N2CCN(Cc3ccc(Cl)s3)CC2)c1. The minimum absolute atomic E-state index is 0.0958. The zero-order valence-electron chi connectivity index (χ0n) is 14.1. The third-order valence-corrected chi connectivity index (χ3v) is 6.92. The van der Waals surface area contributed by atoms with Crippen molar-refractivity contribution in [1.82, 2.24) is 9.80 Å². The fourth-order valence-corrected chi connectivity index (χ4v) is 4.81. The van der Waals surface area contributed by atoms with Crippen LogP contribution in [-0.4, -0.2) is 56.6 Å². The number of thiophene rings is 1. The zero-order valence-corrected chi connectivity index (χ0v) is 17.3. The lowest BCUT2D eigenvalue weighted by molar-refractivity contribution is 0.0629. The molecule has 1 aliphatic rings. The van der Waals surface area contributed by atoms with Crippen LogP contribution >= 0.6 is 34.5 Å². The van der Waals surface area contributed by atoms with Crippen molar-refractivity contribution in [2.75, 3.05) is 32.4 Å². The van der Waals surface area contributed by atoms with Crippen molar-refractivity contribution in [3.63, 3.8) is 0 Å². The molecule has 2 aromatic rings. The summed E-state index contributed by atoms with van der Waals surface area (Å²) in [5.74, 6) is -0.237. The highest BCUT2D eigenvalue weighted by Crippen LogP contribution is 2.25. The molecule has 2 heterocycles. The van der Waals surface area contributed by atoms with Gasteiger partial charge in [-0.25, -0.2) is 8.42 Å². The average Bonchev–Trinajstić information content (AvgIpc) is 2.99. The van der Waals surface area contributed by atoms with Gasteiger partial charge in [-0.2, -0.15) is 0 Å². The zero-order chi connectivity index (χ0) is 18.9. The number of rotatable bonds is 4. The molecule has 140 valence electrons. The van der Waals surface area contributed by atoms with Gasteiger partial charge >= 0.3 is 0 Å². The lowest BCUT2D eigenvalue weighted by Gasteiger charge is -2.34. The van der Waals surface area contributed by atoms with Gasteiger partial charge in [-0.15, -0.1) is 11.3 Å². The lowest BCUT2D eigenvalue weighted by atomic mass is 10.1. The topological polar surface area (TPSA) is 57.7 Å². The van der Waals surface area contributed by atoms with Crippen LogP contribution in [0.3, 0.4) is 0 Å². The molecular formula is C17H18Cl2N2O3S2. The molecule has 3 rings (SSSR count). The first kappa shape index (κ1) is 19.6. The number of amides is 1. The molecule has 0 saturated carbocycles. The minimum atomic E-state index is -3.39. The van der Waals surface area contributed by atoms with Gasteiger partial charge in [-0.1, -0.05) is 23.2 Å². The molecule has 1 amide bonds. The second-order valence-corrected chi connectivity index (χ2v) is 10.4. The van der Waals surface area contributed by atoms with E-state index in [9.17, 15) is 13.2 Å². The van der Waals surface area contributed by atoms with Crippen LogP contribution in [0.4, 0.5) is 0 Å². The Morgan fingerprint density at radius 1 is 1.12 bits per heavy atom. The first-order chi connectivity index (χ1) is 12.2. The van der Waals surface area contributed by atoms with Gasteiger partial charge in [-0.3, -0.25) is 9.69 Å². The number of nitrogens with zero attached hydrogens (tertiary/aromatic N) is 2. The third kappa shape index (κ3) is 4.58. The Kier molecular flexibility index (Phi) is 5.94. The summed E-state index contributed by atoms with van der Waals surface area (Å²) >= 11 is 13.7. The van der Waals surface area contributed by atoms with E-state index < -0.39 is 9.84 Å². The Morgan fingerprint density at radius 2 is 1.81 bits per heavy atom. The number of piperazine rings is 1. The smallest absolute Gasteiger partial charge is 0.255 e. The lowest BCUT2D eigenvalue weighted by Crippen LogP contribution is -2.48.